The number of benzene rings is 1. The van der Waals surface area contributed by atoms with Gasteiger partial charge in [0.2, 0.25) is 11.8 Å². The Balaban J connectivity index is 1.35. The molecule has 1 amide bonds. The van der Waals surface area contributed by atoms with Gasteiger partial charge in [-0.25, -0.2) is 0 Å². The predicted octanol–water partition coefficient (Wildman–Crippen LogP) is 2.47. The minimum Gasteiger partial charge on any atom is -0.492 e. The van der Waals surface area contributed by atoms with E-state index in [0.717, 1.165) is 30.0 Å². The smallest absolute Gasteiger partial charge is 0.246 e. The van der Waals surface area contributed by atoms with Crippen molar-refractivity contribution in [2.24, 2.45) is 5.92 Å². The summed E-state index contributed by atoms with van der Waals surface area (Å²) in [6.07, 6.45) is 2.85. The zero-order valence-electron chi connectivity index (χ0n) is 12.4. The van der Waals surface area contributed by atoms with Gasteiger partial charge < -0.3 is 14.6 Å². The van der Waals surface area contributed by atoms with E-state index >= 15 is 0 Å². The predicted molar refractivity (Wildman–Crippen MR) is 82.3 cm³/mol. The summed E-state index contributed by atoms with van der Waals surface area (Å²) in [6, 6.07) is 5.47. The van der Waals surface area contributed by atoms with Crippen LogP contribution < -0.4 is 10.1 Å². The number of nitrogens with one attached hydrogen (secondary N) is 1. The molecule has 1 aliphatic carbocycles. The van der Waals surface area contributed by atoms with Crippen molar-refractivity contribution in [3.05, 3.63) is 40.5 Å². The second-order valence-electron chi connectivity index (χ2n) is 6.00. The Morgan fingerprint density at radius 2 is 2.26 bits per heavy atom. The Hall–Kier alpha value is -2.08. The van der Waals surface area contributed by atoms with Crippen molar-refractivity contribution in [3.63, 3.8) is 0 Å². The van der Waals surface area contributed by atoms with E-state index in [9.17, 15) is 4.79 Å². The van der Waals surface area contributed by atoms with Gasteiger partial charge in [0.15, 0.2) is 5.82 Å². The Morgan fingerprint density at radius 1 is 1.39 bits per heavy atom. The number of carbonyl (C=O) groups excluding carboxylic acids is 1. The molecular weight excluding hydrogens is 318 g/mol. The van der Waals surface area contributed by atoms with Crippen LogP contribution in [0.25, 0.3) is 0 Å². The average Bonchev–Trinajstić information content (AvgIpc) is 3.30. The highest BCUT2D eigenvalue weighted by molar-refractivity contribution is 6.30. The third kappa shape index (κ3) is 3.17. The van der Waals surface area contributed by atoms with Crippen molar-refractivity contribution < 1.29 is 14.1 Å². The maximum absolute atomic E-state index is 12.3. The topological polar surface area (TPSA) is 77.3 Å². The molecule has 0 radical (unpaired) electrons. The summed E-state index contributed by atoms with van der Waals surface area (Å²) < 4.78 is 10.8. The molecule has 2 aliphatic rings. The highest BCUT2D eigenvalue weighted by Gasteiger charge is 2.29. The number of aromatic nitrogens is 2. The lowest BCUT2D eigenvalue weighted by atomic mass is 9.96. The minimum absolute atomic E-state index is 0.0817. The van der Waals surface area contributed by atoms with Crippen LogP contribution in [0.1, 0.15) is 36.0 Å². The minimum atomic E-state index is -0.244. The van der Waals surface area contributed by atoms with Gasteiger partial charge in [-0.05, 0) is 43.0 Å². The number of hydrogen-bond acceptors (Lipinski definition) is 5. The number of nitrogens with zero attached hydrogens (tertiary/aromatic N) is 2. The maximum atomic E-state index is 12.3. The molecule has 2 heterocycles. The second kappa shape index (κ2) is 5.85. The summed E-state index contributed by atoms with van der Waals surface area (Å²) in [6.45, 7) is 0.606. The number of halogens is 1. The maximum Gasteiger partial charge on any atom is 0.246 e. The molecule has 6 nitrogen and oxygen atoms in total. The summed E-state index contributed by atoms with van der Waals surface area (Å²) >= 11 is 5.99. The molecular formula is C16H16ClN3O3. The fraction of sp³-hybridized carbons (Fsp3) is 0.438. The first-order valence-corrected chi connectivity index (χ1v) is 8.08. The van der Waals surface area contributed by atoms with Gasteiger partial charge >= 0.3 is 0 Å². The van der Waals surface area contributed by atoms with E-state index in [4.69, 9.17) is 20.9 Å². The van der Waals surface area contributed by atoms with Gasteiger partial charge in [0.05, 0.1) is 12.5 Å². The van der Waals surface area contributed by atoms with E-state index < -0.39 is 0 Å². The first-order chi connectivity index (χ1) is 11.2. The van der Waals surface area contributed by atoms with Crippen LogP contribution in [0.3, 0.4) is 0 Å². The number of hydrogen-bond donors (Lipinski definition) is 1. The van der Waals surface area contributed by atoms with E-state index in [1.54, 1.807) is 6.07 Å². The van der Waals surface area contributed by atoms with Crippen molar-refractivity contribution in [3.8, 4) is 5.75 Å². The molecule has 0 bridgehead atoms. The molecule has 1 aromatic carbocycles. The van der Waals surface area contributed by atoms with Crippen LogP contribution in [0.4, 0.5) is 0 Å². The van der Waals surface area contributed by atoms with Gasteiger partial charge in [-0.2, -0.15) is 4.98 Å². The Morgan fingerprint density at radius 3 is 3.09 bits per heavy atom. The fourth-order valence-electron chi connectivity index (χ4n) is 2.69. The van der Waals surface area contributed by atoms with Crippen LogP contribution in [-0.4, -0.2) is 22.7 Å². The Bertz CT molecular complexity index is 742. The van der Waals surface area contributed by atoms with Gasteiger partial charge in [-0.3, -0.25) is 4.79 Å². The molecule has 0 spiro atoms. The molecule has 1 saturated carbocycles. The lowest BCUT2D eigenvalue weighted by Gasteiger charge is -2.24. The second-order valence-corrected chi connectivity index (χ2v) is 6.44. The van der Waals surface area contributed by atoms with Crippen LogP contribution in [0, 0.1) is 5.92 Å². The lowest BCUT2D eigenvalue weighted by Crippen LogP contribution is -2.37. The molecule has 0 unspecified atom stereocenters. The quantitative estimate of drug-likeness (QED) is 0.930. The van der Waals surface area contributed by atoms with Crippen LogP contribution in [0.5, 0.6) is 5.75 Å². The van der Waals surface area contributed by atoms with Gasteiger partial charge in [-0.15, -0.1) is 0 Å². The highest BCUT2D eigenvalue weighted by Crippen LogP contribution is 2.38. The first kappa shape index (κ1) is 14.5. The van der Waals surface area contributed by atoms with Crippen molar-refractivity contribution in [1.82, 2.24) is 15.5 Å². The van der Waals surface area contributed by atoms with Gasteiger partial charge in [0, 0.05) is 10.9 Å². The SMILES string of the molecule is O=C(NCc1nc(C2CC2)no1)[C@@H]1COc2ccc(Cl)cc2C1. The van der Waals surface area contributed by atoms with Crippen molar-refractivity contribution in [1.29, 1.82) is 0 Å². The Labute approximate surface area is 138 Å². The fourth-order valence-corrected chi connectivity index (χ4v) is 2.88. The molecule has 2 aromatic rings. The molecule has 4 rings (SSSR count). The molecule has 23 heavy (non-hydrogen) atoms. The van der Waals surface area contributed by atoms with Crippen molar-refractivity contribution in [2.75, 3.05) is 6.61 Å². The van der Waals surface area contributed by atoms with Gasteiger partial charge in [-0.1, -0.05) is 16.8 Å². The van der Waals surface area contributed by atoms with E-state index in [2.05, 4.69) is 15.5 Å². The lowest BCUT2D eigenvalue weighted by molar-refractivity contribution is -0.126. The van der Waals surface area contributed by atoms with Crippen LogP contribution in [0.2, 0.25) is 5.02 Å². The third-order valence-corrected chi connectivity index (χ3v) is 4.37. The van der Waals surface area contributed by atoms with E-state index in [0.29, 0.717) is 29.9 Å². The molecule has 1 aliphatic heterocycles. The molecule has 120 valence electrons. The molecule has 0 saturated heterocycles. The Kier molecular flexibility index (Phi) is 3.69. The van der Waals surface area contributed by atoms with E-state index in [1.165, 1.54) is 0 Å². The van der Waals surface area contributed by atoms with Gasteiger partial charge in [0.25, 0.3) is 0 Å². The number of fused-ring (bicyclic) bond motifs is 1. The van der Waals surface area contributed by atoms with Crippen molar-refractivity contribution in [2.45, 2.75) is 31.7 Å². The normalized spacial score (nSPS) is 19.8. The number of carbonyl (C=O) groups is 1. The zero-order chi connectivity index (χ0) is 15.8. The number of rotatable bonds is 4. The standard InChI is InChI=1S/C16H16ClN3O3/c17-12-3-4-13-10(6-12)5-11(8-22-13)16(21)18-7-14-19-15(20-23-14)9-1-2-9/h3-4,6,9,11H,1-2,5,7-8H2,(H,18,21)/t11-/m0/s1. The molecule has 7 heteroatoms. The van der Waals surface area contributed by atoms with E-state index in [-0.39, 0.29) is 18.4 Å². The zero-order valence-corrected chi connectivity index (χ0v) is 13.2. The molecule has 1 fully saturated rings. The monoisotopic (exact) mass is 333 g/mol. The third-order valence-electron chi connectivity index (χ3n) is 4.14. The van der Waals surface area contributed by atoms with Crippen LogP contribution in [0.15, 0.2) is 22.7 Å². The number of ether oxygens (including phenoxy) is 1. The molecule has 1 atom stereocenters. The summed E-state index contributed by atoms with van der Waals surface area (Å²) in [7, 11) is 0. The van der Waals surface area contributed by atoms with Crippen molar-refractivity contribution >= 4 is 17.5 Å². The first-order valence-electron chi connectivity index (χ1n) is 7.70. The molecule has 1 N–H and O–H groups in total. The van der Waals surface area contributed by atoms with Crippen LogP contribution in [-0.2, 0) is 17.8 Å². The summed E-state index contributed by atoms with van der Waals surface area (Å²) in [5, 5.41) is 7.42. The van der Waals surface area contributed by atoms with Gasteiger partial charge in [0.1, 0.15) is 12.4 Å². The van der Waals surface area contributed by atoms with E-state index in [1.807, 2.05) is 12.1 Å². The largest absolute Gasteiger partial charge is 0.492 e. The summed E-state index contributed by atoms with van der Waals surface area (Å²) in [4.78, 5) is 16.6. The average molecular weight is 334 g/mol. The summed E-state index contributed by atoms with van der Waals surface area (Å²) in [5.74, 6) is 2.11. The number of amides is 1. The molecule has 1 aromatic heterocycles. The summed E-state index contributed by atoms with van der Waals surface area (Å²) in [5.41, 5.74) is 0.956. The van der Waals surface area contributed by atoms with Crippen LogP contribution >= 0.6 is 11.6 Å². The highest BCUT2D eigenvalue weighted by atomic mass is 35.5.